The van der Waals surface area contributed by atoms with Crippen molar-refractivity contribution in [1.82, 2.24) is 4.57 Å². The molecule has 1 aromatic heterocycles. The van der Waals surface area contributed by atoms with Crippen molar-refractivity contribution in [2.45, 2.75) is 104 Å². The first-order chi connectivity index (χ1) is 11.9. The number of nitrogens with zero attached hydrogens (tertiary/aromatic N) is 2. The van der Waals surface area contributed by atoms with Gasteiger partial charge in [0.1, 0.15) is 0 Å². The quantitative estimate of drug-likeness (QED) is 0.273. The van der Waals surface area contributed by atoms with Crippen LogP contribution in [0.3, 0.4) is 0 Å². The second kappa shape index (κ2) is 18.2. The zero-order valence-electron chi connectivity index (χ0n) is 16.7. The second-order valence-electron chi connectivity index (χ2n) is 7.06. The molecule has 0 atom stereocenters. The summed E-state index contributed by atoms with van der Waals surface area (Å²) in [6, 6.07) is 4.33. The van der Waals surface area contributed by atoms with Crippen LogP contribution >= 0.6 is 17.0 Å². The Morgan fingerprint density at radius 1 is 0.680 bits per heavy atom. The lowest BCUT2D eigenvalue weighted by Gasteiger charge is -2.06. The van der Waals surface area contributed by atoms with Gasteiger partial charge in [-0.1, -0.05) is 84.5 Å². The molecule has 0 radical (unpaired) electrons. The number of aryl methyl sites for hydroxylation is 1. The molecule has 1 aromatic rings. The maximum atomic E-state index is 4.70. The first-order valence-electron chi connectivity index (χ1n) is 10.5. The Morgan fingerprint density at radius 3 is 1.72 bits per heavy atom. The van der Waals surface area contributed by atoms with E-state index >= 15 is 0 Å². The highest BCUT2D eigenvalue weighted by Gasteiger charge is 1.93. The van der Waals surface area contributed by atoms with Gasteiger partial charge in [0, 0.05) is 25.5 Å². The maximum Gasteiger partial charge on any atom is 0.0603 e. The Kier molecular flexibility index (Phi) is 17.8. The number of hydrogen-bond acceptors (Lipinski definition) is 1. The van der Waals surface area contributed by atoms with Gasteiger partial charge in [0.15, 0.2) is 0 Å². The van der Waals surface area contributed by atoms with Gasteiger partial charge in [-0.3, -0.25) is 4.99 Å². The molecule has 0 fully saturated rings. The third kappa shape index (κ3) is 14.3. The zero-order chi connectivity index (χ0) is 17.3. The normalized spacial score (nSPS) is 10.5. The zero-order valence-corrected chi connectivity index (χ0v) is 18.4. The minimum Gasteiger partial charge on any atom is -0.354 e. The van der Waals surface area contributed by atoms with Crippen LogP contribution in [0, 0.1) is 0 Å². The number of hydrogen-bond donors (Lipinski definition) is 0. The lowest BCUT2D eigenvalue weighted by molar-refractivity contribution is 0.556. The highest BCUT2D eigenvalue weighted by molar-refractivity contribution is 8.93. The van der Waals surface area contributed by atoms with Gasteiger partial charge in [-0.05, 0) is 25.0 Å². The van der Waals surface area contributed by atoms with Crippen LogP contribution in [0.1, 0.15) is 97.3 Å². The molecule has 25 heavy (non-hydrogen) atoms. The van der Waals surface area contributed by atoms with Crippen LogP contribution in [0.25, 0.3) is 0 Å². The van der Waals surface area contributed by atoms with Crippen LogP contribution < -0.4 is 5.36 Å². The fourth-order valence-electron chi connectivity index (χ4n) is 3.06. The SMILES string of the molecule is Br.CCCCCCCCCN=c1ccn(CCCCCCCC)cc1. The lowest BCUT2D eigenvalue weighted by Crippen LogP contribution is -2.06. The van der Waals surface area contributed by atoms with Crippen LogP contribution in [0.15, 0.2) is 29.5 Å². The molecule has 0 aliphatic heterocycles. The van der Waals surface area contributed by atoms with Gasteiger partial charge in [0.25, 0.3) is 0 Å². The van der Waals surface area contributed by atoms with E-state index in [1.54, 1.807) is 0 Å². The van der Waals surface area contributed by atoms with Crippen molar-refractivity contribution in [1.29, 1.82) is 0 Å². The molecule has 0 spiro atoms. The van der Waals surface area contributed by atoms with E-state index in [2.05, 4.69) is 42.9 Å². The van der Waals surface area contributed by atoms with E-state index in [1.165, 1.54) is 83.5 Å². The van der Waals surface area contributed by atoms with Crippen LogP contribution in [0.2, 0.25) is 0 Å². The van der Waals surface area contributed by atoms with E-state index in [-0.39, 0.29) is 17.0 Å². The summed E-state index contributed by atoms with van der Waals surface area (Å²) in [4.78, 5) is 4.70. The van der Waals surface area contributed by atoms with Crippen LogP contribution in [0.4, 0.5) is 0 Å². The molecule has 0 saturated heterocycles. The fraction of sp³-hybridized carbons (Fsp3) is 0.773. The minimum absolute atomic E-state index is 0. The number of aromatic nitrogens is 1. The molecule has 0 aliphatic rings. The van der Waals surface area contributed by atoms with Gasteiger partial charge in [-0.2, -0.15) is 0 Å². The van der Waals surface area contributed by atoms with Crippen LogP contribution in [-0.4, -0.2) is 11.1 Å². The van der Waals surface area contributed by atoms with Gasteiger partial charge in [0.2, 0.25) is 0 Å². The van der Waals surface area contributed by atoms with E-state index < -0.39 is 0 Å². The van der Waals surface area contributed by atoms with Gasteiger partial charge < -0.3 is 4.57 Å². The molecule has 0 saturated carbocycles. The third-order valence-electron chi connectivity index (χ3n) is 4.70. The van der Waals surface area contributed by atoms with Gasteiger partial charge in [-0.25, -0.2) is 0 Å². The summed E-state index contributed by atoms with van der Waals surface area (Å²) in [6.07, 6.45) is 22.0. The summed E-state index contributed by atoms with van der Waals surface area (Å²) in [6.45, 7) is 6.67. The van der Waals surface area contributed by atoms with E-state index in [1.807, 2.05) is 0 Å². The largest absolute Gasteiger partial charge is 0.354 e. The van der Waals surface area contributed by atoms with Crippen molar-refractivity contribution in [2.24, 2.45) is 4.99 Å². The highest BCUT2D eigenvalue weighted by atomic mass is 79.9. The fourth-order valence-corrected chi connectivity index (χ4v) is 3.06. The van der Waals surface area contributed by atoms with E-state index in [0.29, 0.717) is 0 Å². The lowest BCUT2D eigenvalue weighted by atomic mass is 10.1. The smallest absolute Gasteiger partial charge is 0.0603 e. The van der Waals surface area contributed by atoms with E-state index in [4.69, 9.17) is 4.99 Å². The molecule has 2 nitrogen and oxygen atoms in total. The summed E-state index contributed by atoms with van der Waals surface area (Å²) >= 11 is 0. The van der Waals surface area contributed by atoms with Crippen molar-refractivity contribution >= 4 is 17.0 Å². The summed E-state index contributed by atoms with van der Waals surface area (Å²) in [5, 5.41) is 1.14. The molecular formula is C22H41BrN2. The number of rotatable bonds is 15. The van der Waals surface area contributed by atoms with E-state index in [0.717, 1.165) is 18.4 Å². The predicted octanol–water partition coefficient (Wildman–Crippen LogP) is 7.08. The minimum atomic E-state index is 0. The van der Waals surface area contributed by atoms with Crippen molar-refractivity contribution in [3.05, 3.63) is 29.9 Å². The first-order valence-corrected chi connectivity index (χ1v) is 10.5. The van der Waals surface area contributed by atoms with Crippen LogP contribution in [0.5, 0.6) is 0 Å². The molecule has 146 valence electrons. The Labute approximate surface area is 166 Å². The Hall–Kier alpha value is -0.570. The monoisotopic (exact) mass is 412 g/mol. The average molecular weight is 413 g/mol. The van der Waals surface area contributed by atoms with Crippen LogP contribution in [-0.2, 0) is 6.54 Å². The van der Waals surface area contributed by atoms with Crippen molar-refractivity contribution in [2.75, 3.05) is 6.54 Å². The average Bonchev–Trinajstić information content (AvgIpc) is 2.61. The second-order valence-corrected chi connectivity index (χ2v) is 7.06. The summed E-state index contributed by atoms with van der Waals surface area (Å²) in [7, 11) is 0. The van der Waals surface area contributed by atoms with Gasteiger partial charge in [-0.15, -0.1) is 17.0 Å². The van der Waals surface area contributed by atoms with Crippen molar-refractivity contribution in [3.63, 3.8) is 0 Å². The number of halogens is 1. The van der Waals surface area contributed by atoms with E-state index in [9.17, 15) is 0 Å². The van der Waals surface area contributed by atoms with Crippen molar-refractivity contribution in [3.8, 4) is 0 Å². The predicted molar refractivity (Wildman–Crippen MR) is 117 cm³/mol. The van der Waals surface area contributed by atoms with Gasteiger partial charge in [0.05, 0.1) is 5.36 Å². The molecule has 0 unspecified atom stereocenters. The summed E-state index contributed by atoms with van der Waals surface area (Å²) in [5.74, 6) is 0. The maximum absolute atomic E-state index is 4.70. The molecule has 0 N–H and O–H groups in total. The topological polar surface area (TPSA) is 17.3 Å². The molecule has 0 aliphatic carbocycles. The Balaban J connectivity index is 0.00000576. The summed E-state index contributed by atoms with van der Waals surface area (Å²) < 4.78 is 2.30. The molecule has 0 amide bonds. The van der Waals surface area contributed by atoms with Crippen molar-refractivity contribution < 1.29 is 0 Å². The third-order valence-corrected chi connectivity index (χ3v) is 4.70. The molecule has 1 heterocycles. The molecular weight excluding hydrogens is 372 g/mol. The highest BCUT2D eigenvalue weighted by Crippen LogP contribution is 2.07. The Morgan fingerprint density at radius 2 is 1.16 bits per heavy atom. The molecule has 0 bridgehead atoms. The first kappa shape index (κ1) is 24.4. The Bertz CT molecular complexity index is 433. The number of pyridine rings is 1. The summed E-state index contributed by atoms with van der Waals surface area (Å²) in [5.41, 5.74) is 0. The number of unbranched alkanes of at least 4 members (excludes halogenated alkanes) is 11. The standard InChI is InChI=1S/C22H40N2.BrH/c1-3-5-7-9-11-12-14-18-23-22-16-20-24(21-17-22)19-15-13-10-8-6-4-2;/h16-17,20-21H,3-15,18-19H2,1-2H3;1H. The molecule has 3 heteroatoms. The van der Waals surface area contributed by atoms with Gasteiger partial charge >= 0.3 is 0 Å². The molecule has 1 rings (SSSR count). The molecule has 0 aromatic carbocycles.